The van der Waals surface area contributed by atoms with E-state index in [1.165, 1.54) is 22.6 Å². The van der Waals surface area contributed by atoms with Gasteiger partial charge in [0.05, 0.1) is 12.1 Å². The summed E-state index contributed by atoms with van der Waals surface area (Å²) in [5.74, 6) is 0.732. The van der Waals surface area contributed by atoms with E-state index >= 15 is 0 Å². The summed E-state index contributed by atoms with van der Waals surface area (Å²) < 4.78 is 27.8. The normalized spacial score (nSPS) is 15.6. The molecule has 152 valence electrons. The van der Waals surface area contributed by atoms with Gasteiger partial charge in [0, 0.05) is 43.4 Å². The van der Waals surface area contributed by atoms with Crippen LogP contribution in [0.3, 0.4) is 0 Å². The summed E-state index contributed by atoms with van der Waals surface area (Å²) in [6.07, 6.45) is 0. The summed E-state index contributed by atoms with van der Waals surface area (Å²) in [5.41, 5.74) is 0.935. The lowest BCUT2D eigenvalue weighted by atomic mass is 10.2. The number of nitrogens with one attached hydrogen (secondary N) is 1. The number of hydrogen-bond acceptors (Lipinski definition) is 6. The molecule has 0 saturated carbocycles. The van der Waals surface area contributed by atoms with E-state index in [2.05, 4.69) is 10.2 Å². The molecule has 9 heteroatoms. The van der Waals surface area contributed by atoms with Crippen molar-refractivity contribution in [3.05, 3.63) is 53.4 Å². The first-order valence-electron chi connectivity index (χ1n) is 9.37. The minimum absolute atomic E-state index is 0.138. The maximum atomic E-state index is 13.0. The number of sulfonamides is 1. The zero-order valence-electron chi connectivity index (χ0n) is 16.0. The molecule has 0 aliphatic carbocycles. The molecule has 1 amide bonds. The first-order chi connectivity index (χ1) is 13.9. The van der Waals surface area contributed by atoms with E-state index in [1.54, 1.807) is 12.1 Å². The minimum atomic E-state index is -3.53. The quantitative estimate of drug-likeness (QED) is 0.672. The summed E-state index contributed by atoms with van der Waals surface area (Å²) in [7, 11) is -3.53. The van der Waals surface area contributed by atoms with Crippen molar-refractivity contribution in [1.29, 1.82) is 0 Å². The molecule has 0 unspecified atom stereocenters. The third-order valence-corrected chi connectivity index (χ3v) is 8.34. The van der Waals surface area contributed by atoms with Crippen molar-refractivity contribution in [2.75, 3.05) is 31.1 Å². The molecular formula is C20H22N4O3S2. The lowest BCUT2D eigenvalue weighted by molar-refractivity contribution is -0.119. The second-order valence-electron chi connectivity index (χ2n) is 6.88. The Kier molecular flexibility index (Phi) is 5.53. The van der Waals surface area contributed by atoms with Gasteiger partial charge in [0.15, 0.2) is 0 Å². The highest BCUT2D eigenvalue weighted by molar-refractivity contribution is 7.91. The van der Waals surface area contributed by atoms with Crippen molar-refractivity contribution >= 4 is 44.0 Å². The largest absolute Gasteiger partial charge is 0.354 e. The van der Waals surface area contributed by atoms with E-state index < -0.39 is 10.0 Å². The van der Waals surface area contributed by atoms with Crippen LogP contribution < -0.4 is 10.2 Å². The van der Waals surface area contributed by atoms with Gasteiger partial charge >= 0.3 is 0 Å². The number of piperazine rings is 1. The lowest BCUT2D eigenvalue weighted by Gasteiger charge is -2.34. The standard InChI is InChI=1S/C20H22N4O3S2/c1-15(25)21-14-17-7-9-20(28-17)29(26,27)24-12-10-23(11-13-24)19-8-6-16-4-2-3-5-18(16)22-19/h2-9H,10-14H2,1H3,(H,21,25). The van der Waals surface area contributed by atoms with Crippen LogP contribution in [0.2, 0.25) is 0 Å². The summed E-state index contributed by atoms with van der Waals surface area (Å²) in [5, 5.41) is 3.78. The number of benzene rings is 1. The van der Waals surface area contributed by atoms with Crippen molar-refractivity contribution in [1.82, 2.24) is 14.6 Å². The second-order valence-corrected chi connectivity index (χ2v) is 10.2. The number of hydrogen-bond donors (Lipinski definition) is 1. The van der Waals surface area contributed by atoms with Gasteiger partial charge in [0.25, 0.3) is 10.0 Å². The highest BCUT2D eigenvalue weighted by Crippen LogP contribution is 2.27. The van der Waals surface area contributed by atoms with Crippen LogP contribution in [-0.2, 0) is 21.4 Å². The van der Waals surface area contributed by atoms with Crippen molar-refractivity contribution in [3.63, 3.8) is 0 Å². The predicted molar refractivity (Wildman–Crippen MR) is 115 cm³/mol. The number of pyridine rings is 1. The van der Waals surface area contributed by atoms with E-state index in [1.807, 2.05) is 36.4 Å². The number of para-hydroxylation sites is 1. The highest BCUT2D eigenvalue weighted by Gasteiger charge is 2.30. The van der Waals surface area contributed by atoms with Crippen LogP contribution in [0.15, 0.2) is 52.7 Å². The van der Waals surface area contributed by atoms with Crippen LogP contribution in [-0.4, -0.2) is 49.8 Å². The Bertz CT molecular complexity index is 1140. The van der Waals surface area contributed by atoms with Crippen LogP contribution in [0, 0.1) is 0 Å². The molecule has 1 fully saturated rings. The minimum Gasteiger partial charge on any atom is -0.354 e. The summed E-state index contributed by atoms with van der Waals surface area (Å²) in [6, 6.07) is 15.4. The average Bonchev–Trinajstić information content (AvgIpc) is 3.22. The Labute approximate surface area is 174 Å². The van der Waals surface area contributed by atoms with Gasteiger partial charge in [0.2, 0.25) is 5.91 Å². The number of fused-ring (bicyclic) bond motifs is 1. The van der Waals surface area contributed by atoms with Gasteiger partial charge in [0.1, 0.15) is 10.0 Å². The van der Waals surface area contributed by atoms with Crippen molar-refractivity contribution in [2.24, 2.45) is 0 Å². The van der Waals surface area contributed by atoms with Crippen LogP contribution in [0.4, 0.5) is 5.82 Å². The van der Waals surface area contributed by atoms with Gasteiger partial charge in [-0.25, -0.2) is 13.4 Å². The van der Waals surface area contributed by atoms with Crippen LogP contribution >= 0.6 is 11.3 Å². The number of nitrogens with zero attached hydrogens (tertiary/aromatic N) is 3. The molecule has 3 heterocycles. The highest BCUT2D eigenvalue weighted by atomic mass is 32.2. The molecule has 1 aliphatic heterocycles. The first-order valence-corrected chi connectivity index (χ1v) is 11.6. The zero-order chi connectivity index (χ0) is 20.4. The molecule has 1 aliphatic rings. The Morgan fingerprint density at radius 3 is 2.59 bits per heavy atom. The molecule has 3 aromatic rings. The van der Waals surface area contributed by atoms with E-state index in [9.17, 15) is 13.2 Å². The van der Waals surface area contributed by atoms with Crippen molar-refractivity contribution in [3.8, 4) is 0 Å². The van der Waals surface area contributed by atoms with E-state index in [-0.39, 0.29) is 5.91 Å². The topological polar surface area (TPSA) is 82.6 Å². The molecule has 1 N–H and O–H groups in total. The van der Waals surface area contributed by atoms with Crippen LogP contribution in [0.25, 0.3) is 10.9 Å². The number of aromatic nitrogens is 1. The van der Waals surface area contributed by atoms with Gasteiger partial charge in [-0.2, -0.15) is 4.31 Å². The van der Waals surface area contributed by atoms with Gasteiger partial charge in [-0.3, -0.25) is 4.79 Å². The van der Waals surface area contributed by atoms with Gasteiger partial charge in [-0.05, 0) is 30.3 Å². The van der Waals surface area contributed by atoms with E-state index in [0.29, 0.717) is 36.9 Å². The number of thiophene rings is 1. The summed E-state index contributed by atoms with van der Waals surface area (Å²) in [4.78, 5) is 18.7. The Morgan fingerprint density at radius 2 is 1.83 bits per heavy atom. The molecular weight excluding hydrogens is 408 g/mol. The molecule has 2 aromatic heterocycles. The summed E-state index contributed by atoms with van der Waals surface area (Å²) in [6.45, 7) is 3.79. The molecule has 4 rings (SSSR count). The fraction of sp³-hybridized carbons (Fsp3) is 0.300. The lowest BCUT2D eigenvalue weighted by Crippen LogP contribution is -2.48. The monoisotopic (exact) mass is 430 g/mol. The SMILES string of the molecule is CC(=O)NCc1ccc(S(=O)(=O)N2CCN(c3ccc4ccccc4n3)CC2)s1. The summed E-state index contributed by atoms with van der Waals surface area (Å²) >= 11 is 1.20. The number of anilines is 1. The van der Waals surface area contributed by atoms with E-state index in [0.717, 1.165) is 21.6 Å². The zero-order valence-corrected chi connectivity index (χ0v) is 17.7. The maximum absolute atomic E-state index is 13.0. The molecule has 0 atom stereocenters. The fourth-order valence-electron chi connectivity index (χ4n) is 3.32. The average molecular weight is 431 g/mol. The Morgan fingerprint density at radius 1 is 1.07 bits per heavy atom. The molecule has 0 radical (unpaired) electrons. The third-order valence-electron chi connectivity index (χ3n) is 4.89. The molecule has 1 aromatic carbocycles. The Balaban J connectivity index is 1.43. The van der Waals surface area contributed by atoms with Gasteiger partial charge in [-0.1, -0.05) is 18.2 Å². The third kappa shape index (κ3) is 4.26. The van der Waals surface area contributed by atoms with Crippen LogP contribution in [0.1, 0.15) is 11.8 Å². The van der Waals surface area contributed by atoms with Gasteiger partial charge in [-0.15, -0.1) is 11.3 Å². The predicted octanol–water partition coefficient (Wildman–Crippen LogP) is 2.44. The number of carbonyl (C=O) groups excluding carboxylic acids is 1. The molecule has 1 saturated heterocycles. The molecule has 0 spiro atoms. The maximum Gasteiger partial charge on any atom is 0.252 e. The van der Waals surface area contributed by atoms with Crippen LogP contribution in [0.5, 0.6) is 0 Å². The molecule has 7 nitrogen and oxygen atoms in total. The Hall–Kier alpha value is -2.49. The number of carbonyl (C=O) groups is 1. The smallest absolute Gasteiger partial charge is 0.252 e. The van der Waals surface area contributed by atoms with E-state index in [4.69, 9.17) is 4.98 Å². The van der Waals surface area contributed by atoms with Crippen molar-refractivity contribution < 1.29 is 13.2 Å². The van der Waals surface area contributed by atoms with Crippen molar-refractivity contribution in [2.45, 2.75) is 17.7 Å². The first kappa shape index (κ1) is 19.8. The molecule has 29 heavy (non-hydrogen) atoms. The second kappa shape index (κ2) is 8.10. The van der Waals surface area contributed by atoms with Gasteiger partial charge < -0.3 is 10.2 Å². The number of amides is 1. The number of rotatable bonds is 5. The fourth-order valence-corrected chi connectivity index (χ4v) is 6.19. The molecule has 0 bridgehead atoms.